The molecule has 116 valence electrons. The second kappa shape index (κ2) is 6.40. The maximum absolute atomic E-state index is 12.4. The van der Waals surface area contributed by atoms with E-state index in [1.807, 2.05) is 6.92 Å². The number of rotatable bonds is 7. The molecule has 0 saturated heterocycles. The van der Waals surface area contributed by atoms with Crippen molar-refractivity contribution in [2.24, 2.45) is 0 Å². The molecule has 1 unspecified atom stereocenters. The largest absolute Gasteiger partial charge is 0.384 e. The molecule has 1 aliphatic carbocycles. The third-order valence-corrected chi connectivity index (χ3v) is 4.66. The van der Waals surface area contributed by atoms with Crippen LogP contribution >= 0.6 is 0 Å². The molecule has 0 radical (unpaired) electrons. The van der Waals surface area contributed by atoms with Crippen LogP contribution in [0.5, 0.6) is 0 Å². The van der Waals surface area contributed by atoms with E-state index in [4.69, 9.17) is 0 Å². The molecule has 1 saturated carbocycles. The van der Waals surface area contributed by atoms with Gasteiger partial charge >= 0.3 is 0 Å². The summed E-state index contributed by atoms with van der Waals surface area (Å²) >= 11 is 0. The molecule has 8 heteroatoms. The molecule has 2 rings (SSSR count). The third-order valence-electron chi connectivity index (χ3n) is 3.09. The van der Waals surface area contributed by atoms with Gasteiger partial charge in [0.25, 0.3) is 0 Å². The molecule has 7 nitrogen and oxygen atoms in total. The zero-order chi connectivity index (χ0) is 15.5. The van der Waals surface area contributed by atoms with Crippen molar-refractivity contribution < 1.29 is 13.2 Å². The first-order chi connectivity index (χ1) is 9.94. The molecule has 1 aromatic rings. The number of nitrogens with zero attached hydrogens (tertiary/aromatic N) is 1. The van der Waals surface area contributed by atoms with Crippen molar-refractivity contribution in [1.82, 2.24) is 15.0 Å². The number of amides is 1. The average molecular weight is 312 g/mol. The Morgan fingerprint density at radius 2 is 2.19 bits per heavy atom. The van der Waals surface area contributed by atoms with Gasteiger partial charge in [0.1, 0.15) is 4.90 Å². The van der Waals surface area contributed by atoms with E-state index in [-0.39, 0.29) is 16.8 Å². The van der Waals surface area contributed by atoms with E-state index in [0.29, 0.717) is 12.2 Å². The van der Waals surface area contributed by atoms with Crippen LogP contribution in [0.4, 0.5) is 5.69 Å². The maximum Gasteiger partial charge on any atom is 0.244 e. The van der Waals surface area contributed by atoms with Gasteiger partial charge in [-0.25, -0.2) is 8.42 Å². The van der Waals surface area contributed by atoms with Gasteiger partial charge in [-0.3, -0.25) is 9.78 Å². The quantitative estimate of drug-likeness (QED) is 0.679. The molecule has 1 aliphatic rings. The Morgan fingerprint density at radius 1 is 1.48 bits per heavy atom. The highest BCUT2D eigenvalue weighted by Crippen LogP contribution is 2.20. The summed E-state index contributed by atoms with van der Waals surface area (Å²) in [6.07, 6.45) is 4.70. The fourth-order valence-electron chi connectivity index (χ4n) is 1.83. The van der Waals surface area contributed by atoms with E-state index in [0.717, 1.165) is 12.8 Å². The Balaban J connectivity index is 2.11. The smallest absolute Gasteiger partial charge is 0.244 e. The summed E-state index contributed by atoms with van der Waals surface area (Å²) in [5, 5.41) is 5.74. The van der Waals surface area contributed by atoms with Gasteiger partial charge in [-0.2, -0.15) is 4.72 Å². The first-order valence-corrected chi connectivity index (χ1v) is 8.43. The first kappa shape index (κ1) is 15.7. The third kappa shape index (κ3) is 4.15. The predicted molar refractivity (Wildman–Crippen MR) is 79.3 cm³/mol. The Labute approximate surface area is 124 Å². The highest BCUT2D eigenvalue weighted by molar-refractivity contribution is 7.89. The lowest BCUT2D eigenvalue weighted by atomic mass is 10.3. The highest BCUT2D eigenvalue weighted by Gasteiger charge is 2.28. The SMILES string of the molecule is CCNc1ccncc1S(=O)(=O)NC(C)C(=O)NC1CC1. The number of sulfonamides is 1. The summed E-state index contributed by atoms with van der Waals surface area (Å²) in [5.74, 6) is -0.310. The maximum atomic E-state index is 12.4. The van der Waals surface area contributed by atoms with Gasteiger partial charge in [-0.1, -0.05) is 0 Å². The number of nitrogens with one attached hydrogen (secondary N) is 3. The lowest BCUT2D eigenvalue weighted by Gasteiger charge is -2.16. The molecule has 1 aromatic heterocycles. The van der Waals surface area contributed by atoms with Crippen LogP contribution in [0.2, 0.25) is 0 Å². The summed E-state index contributed by atoms with van der Waals surface area (Å²) in [4.78, 5) is 15.7. The van der Waals surface area contributed by atoms with E-state index >= 15 is 0 Å². The van der Waals surface area contributed by atoms with E-state index in [2.05, 4.69) is 20.3 Å². The number of carbonyl (C=O) groups is 1. The molecule has 0 spiro atoms. The van der Waals surface area contributed by atoms with Crippen molar-refractivity contribution in [3.05, 3.63) is 18.5 Å². The van der Waals surface area contributed by atoms with Crippen molar-refractivity contribution >= 4 is 21.6 Å². The number of aromatic nitrogens is 1. The lowest BCUT2D eigenvalue weighted by Crippen LogP contribution is -2.45. The minimum Gasteiger partial charge on any atom is -0.384 e. The minimum atomic E-state index is -3.81. The van der Waals surface area contributed by atoms with E-state index in [9.17, 15) is 13.2 Å². The predicted octanol–water partition coefficient (Wildman–Crippen LogP) is 0.459. The average Bonchev–Trinajstić information content (AvgIpc) is 3.23. The summed E-state index contributed by atoms with van der Waals surface area (Å²) in [6.45, 7) is 3.98. The van der Waals surface area contributed by atoms with Crippen LogP contribution in [0, 0.1) is 0 Å². The fourth-order valence-corrected chi connectivity index (χ4v) is 3.16. The summed E-state index contributed by atoms with van der Waals surface area (Å²) in [6, 6.07) is 0.956. The number of anilines is 1. The second-order valence-electron chi connectivity index (χ2n) is 5.03. The van der Waals surface area contributed by atoms with Crippen molar-refractivity contribution in [1.29, 1.82) is 0 Å². The standard InChI is InChI=1S/C13H20N4O3S/c1-3-15-11-6-7-14-8-12(11)21(19,20)17-9(2)13(18)16-10-4-5-10/h6-10,17H,3-5H2,1-2H3,(H,14,15)(H,16,18). The van der Waals surface area contributed by atoms with Crippen LogP contribution in [0.1, 0.15) is 26.7 Å². The number of hydrogen-bond acceptors (Lipinski definition) is 5. The van der Waals surface area contributed by atoms with E-state index < -0.39 is 16.1 Å². The summed E-state index contributed by atoms with van der Waals surface area (Å²) in [7, 11) is -3.81. The van der Waals surface area contributed by atoms with Crippen LogP contribution in [0.3, 0.4) is 0 Å². The lowest BCUT2D eigenvalue weighted by molar-refractivity contribution is -0.122. The van der Waals surface area contributed by atoms with E-state index in [1.165, 1.54) is 19.3 Å². The fraction of sp³-hybridized carbons (Fsp3) is 0.538. The van der Waals surface area contributed by atoms with Crippen molar-refractivity contribution in [3.8, 4) is 0 Å². The van der Waals surface area contributed by atoms with Gasteiger partial charge < -0.3 is 10.6 Å². The van der Waals surface area contributed by atoms with Crippen molar-refractivity contribution in [2.75, 3.05) is 11.9 Å². The zero-order valence-corrected chi connectivity index (χ0v) is 12.9. The molecule has 1 amide bonds. The van der Waals surface area contributed by atoms with Gasteiger partial charge in [0.05, 0.1) is 11.7 Å². The molecule has 21 heavy (non-hydrogen) atoms. The zero-order valence-electron chi connectivity index (χ0n) is 12.1. The van der Waals surface area contributed by atoms with Gasteiger partial charge in [-0.05, 0) is 32.8 Å². The van der Waals surface area contributed by atoms with Crippen LogP contribution in [0.25, 0.3) is 0 Å². The molecule has 1 atom stereocenters. The topological polar surface area (TPSA) is 100 Å². The molecule has 0 bridgehead atoms. The Kier molecular flexibility index (Phi) is 4.79. The Morgan fingerprint density at radius 3 is 2.81 bits per heavy atom. The summed E-state index contributed by atoms with van der Waals surface area (Å²) < 4.78 is 27.1. The van der Waals surface area contributed by atoms with Crippen LogP contribution < -0.4 is 15.4 Å². The monoisotopic (exact) mass is 312 g/mol. The highest BCUT2D eigenvalue weighted by atomic mass is 32.2. The van der Waals surface area contributed by atoms with Crippen molar-refractivity contribution in [2.45, 2.75) is 43.7 Å². The second-order valence-corrected chi connectivity index (χ2v) is 6.71. The minimum absolute atomic E-state index is 0.0397. The molecular formula is C13H20N4O3S. The Hall–Kier alpha value is -1.67. The molecule has 1 heterocycles. The van der Waals surface area contributed by atoms with Crippen LogP contribution in [-0.4, -0.2) is 37.9 Å². The number of hydrogen-bond donors (Lipinski definition) is 3. The number of pyridine rings is 1. The van der Waals surface area contributed by atoms with Crippen molar-refractivity contribution in [3.63, 3.8) is 0 Å². The van der Waals surface area contributed by atoms with Crippen LogP contribution in [0.15, 0.2) is 23.4 Å². The van der Waals surface area contributed by atoms with Gasteiger partial charge in [0, 0.05) is 25.0 Å². The van der Waals surface area contributed by atoms with Crippen LogP contribution in [-0.2, 0) is 14.8 Å². The van der Waals surface area contributed by atoms with Gasteiger partial charge in [-0.15, -0.1) is 0 Å². The first-order valence-electron chi connectivity index (χ1n) is 6.94. The molecule has 3 N–H and O–H groups in total. The summed E-state index contributed by atoms with van der Waals surface area (Å²) in [5.41, 5.74) is 0.467. The van der Waals surface area contributed by atoms with Gasteiger partial charge in [0.2, 0.25) is 15.9 Å². The molecule has 1 fully saturated rings. The normalized spacial score (nSPS) is 16.3. The molecular weight excluding hydrogens is 292 g/mol. The number of carbonyl (C=O) groups excluding carboxylic acids is 1. The molecule has 0 aromatic carbocycles. The van der Waals surface area contributed by atoms with E-state index in [1.54, 1.807) is 6.07 Å². The molecule has 0 aliphatic heterocycles. The van der Waals surface area contributed by atoms with Gasteiger partial charge in [0.15, 0.2) is 0 Å². The Bertz CT molecular complexity index is 614.